The van der Waals surface area contributed by atoms with Crippen molar-refractivity contribution in [1.29, 1.82) is 0 Å². The number of benzene rings is 1. The summed E-state index contributed by atoms with van der Waals surface area (Å²) in [7, 11) is 0. The molecular weight excluding hydrogens is 144 g/mol. The third kappa shape index (κ3) is 22.9. The molecule has 0 atom stereocenters. The van der Waals surface area contributed by atoms with Crippen LogP contribution in [0.5, 0.6) is 0 Å². The van der Waals surface area contributed by atoms with Crippen molar-refractivity contribution in [2.75, 3.05) is 0 Å². The lowest BCUT2D eigenvalue weighted by Gasteiger charge is -1.69. The third-order valence-corrected chi connectivity index (χ3v) is 0.667. The maximum atomic E-state index is 6.21. The molecule has 0 N–H and O–H groups in total. The molecule has 0 unspecified atom stereocenters. The van der Waals surface area contributed by atoms with E-state index in [1.165, 1.54) is 0 Å². The molecule has 0 bridgehead atoms. The highest BCUT2D eigenvalue weighted by Gasteiger charge is 1.57. The van der Waals surface area contributed by atoms with Gasteiger partial charge in [-0.25, -0.2) is 0 Å². The van der Waals surface area contributed by atoms with Crippen LogP contribution in [0, 0.1) is 0 Å². The number of hydrogen-bond donors (Lipinski definition) is 0. The Balaban J connectivity index is -0.000000124. The second-order valence-electron chi connectivity index (χ2n) is 1.15. The zero-order valence-electron chi connectivity index (χ0n) is 10.2. The molecule has 72 valence electrons. The smallest absolute Gasteiger partial charge is 0.0228 e. The van der Waals surface area contributed by atoms with Crippen LogP contribution in [0.1, 0.15) is 42.9 Å². The van der Waals surface area contributed by atoms with Crippen molar-refractivity contribution >= 4 is 0 Å². The fraction of sp³-hybridized carbons (Fsp3) is 0.500. The number of hydrogen-bond acceptors (Lipinski definition) is 0. The minimum atomic E-state index is 0.500. The zero-order chi connectivity index (χ0) is 10.9. The molecule has 0 aliphatic rings. The van der Waals surface area contributed by atoms with Crippen LogP contribution < -0.4 is 0 Å². The van der Waals surface area contributed by atoms with Gasteiger partial charge in [0.2, 0.25) is 0 Å². The second-order valence-corrected chi connectivity index (χ2v) is 1.15. The van der Waals surface area contributed by atoms with Gasteiger partial charge in [0.1, 0.15) is 0 Å². The Hall–Kier alpha value is -0.780. The molecule has 0 heteroatoms. The molecule has 0 radical (unpaired) electrons. The van der Waals surface area contributed by atoms with Gasteiger partial charge < -0.3 is 0 Å². The second kappa shape index (κ2) is 31.9. The van der Waals surface area contributed by atoms with E-state index in [0.29, 0.717) is 6.90 Å². The molecule has 1 aromatic rings. The van der Waals surface area contributed by atoms with Crippen LogP contribution in [0.4, 0.5) is 0 Å². The van der Waals surface area contributed by atoms with Crippen molar-refractivity contribution < 1.29 is 1.37 Å². The van der Waals surface area contributed by atoms with Crippen molar-refractivity contribution in [2.45, 2.75) is 41.5 Å². The molecule has 0 aromatic heterocycles. The van der Waals surface area contributed by atoms with E-state index < -0.39 is 0 Å². The summed E-state index contributed by atoms with van der Waals surface area (Å²) < 4.78 is 6.21. The van der Waals surface area contributed by atoms with Gasteiger partial charge in [0.05, 0.1) is 0 Å². The van der Waals surface area contributed by atoms with Crippen molar-refractivity contribution in [3.63, 3.8) is 0 Å². The Morgan fingerprint density at radius 2 is 0.667 bits per heavy atom. The first-order chi connectivity index (χ1) is 6.41. The number of rotatable bonds is 0. The molecule has 0 heterocycles. The van der Waals surface area contributed by atoms with E-state index in [1.807, 2.05) is 64.1 Å². The molecule has 0 fully saturated rings. The zero-order valence-corrected chi connectivity index (χ0v) is 9.17. The SMILES string of the molecule is CC.CC.[2H]CC.c1ccccc1. The summed E-state index contributed by atoms with van der Waals surface area (Å²) >= 11 is 0. The van der Waals surface area contributed by atoms with Crippen LogP contribution in [0.3, 0.4) is 0 Å². The Labute approximate surface area is 80.0 Å². The summed E-state index contributed by atoms with van der Waals surface area (Å²) in [6, 6.07) is 12.0. The first-order valence-corrected chi connectivity index (χ1v) is 4.71. The summed E-state index contributed by atoms with van der Waals surface area (Å²) in [5, 5.41) is 0. The Bertz CT molecular complexity index is 88.0. The van der Waals surface area contributed by atoms with E-state index in [4.69, 9.17) is 1.37 Å². The molecule has 0 saturated carbocycles. The first kappa shape index (κ1) is 13.8. The fourth-order valence-electron chi connectivity index (χ4n) is 0.385. The fourth-order valence-corrected chi connectivity index (χ4v) is 0.385. The third-order valence-electron chi connectivity index (χ3n) is 0.667. The molecule has 0 aliphatic carbocycles. The first-order valence-electron chi connectivity index (χ1n) is 5.41. The summed E-state index contributed by atoms with van der Waals surface area (Å²) in [5.41, 5.74) is 0. The minimum absolute atomic E-state index is 0.500. The van der Waals surface area contributed by atoms with E-state index in [9.17, 15) is 0 Å². The summed E-state index contributed by atoms with van der Waals surface area (Å²) in [6.07, 6.45) is 0. The van der Waals surface area contributed by atoms with Crippen molar-refractivity contribution in [1.82, 2.24) is 0 Å². The van der Waals surface area contributed by atoms with Gasteiger partial charge in [0.15, 0.2) is 0 Å². The van der Waals surface area contributed by atoms with Crippen LogP contribution in [-0.2, 0) is 0 Å². The van der Waals surface area contributed by atoms with Crippen molar-refractivity contribution in [3.05, 3.63) is 36.4 Å². The van der Waals surface area contributed by atoms with Crippen molar-refractivity contribution in [3.8, 4) is 0 Å². The van der Waals surface area contributed by atoms with Gasteiger partial charge in [-0.15, -0.1) is 0 Å². The molecule has 0 nitrogen and oxygen atoms in total. The molecule has 1 rings (SSSR count). The molecule has 12 heavy (non-hydrogen) atoms. The predicted molar refractivity (Wildman–Crippen MR) is 60.5 cm³/mol. The summed E-state index contributed by atoms with van der Waals surface area (Å²) in [5.74, 6) is 0. The topological polar surface area (TPSA) is 0 Å². The van der Waals surface area contributed by atoms with Gasteiger partial charge in [0.25, 0.3) is 0 Å². The lowest BCUT2D eigenvalue weighted by molar-refractivity contribution is 1.50. The van der Waals surface area contributed by atoms with Gasteiger partial charge in [-0.3, -0.25) is 0 Å². The normalized spacial score (nSPS) is 6.58. The van der Waals surface area contributed by atoms with Crippen LogP contribution in [0.15, 0.2) is 36.4 Å². The lowest BCUT2D eigenvalue weighted by Crippen LogP contribution is -1.47. The van der Waals surface area contributed by atoms with E-state index in [2.05, 4.69) is 0 Å². The lowest BCUT2D eigenvalue weighted by atomic mass is 10.4. The standard InChI is InChI=1S/C6H6.3C2H6/c1-2-4-6-5-3-1;3*1-2/h1-6H;3*1-2H3/i;1D;;. The largest absolute Gasteiger partial charge is 0.0683 e. The van der Waals surface area contributed by atoms with E-state index in [-0.39, 0.29) is 0 Å². The van der Waals surface area contributed by atoms with Crippen LogP contribution in [0.25, 0.3) is 0 Å². The molecular formula is C12H24. The average Bonchev–Trinajstić information content (AvgIpc) is 2.27. The van der Waals surface area contributed by atoms with Crippen LogP contribution in [-0.4, -0.2) is 0 Å². The minimum Gasteiger partial charge on any atom is -0.0683 e. The quantitative estimate of drug-likeness (QED) is 0.525. The van der Waals surface area contributed by atoms with E-state index in [0.717, 1.165) is 0 Å². The van der Waals surface area contributed by atoms with Gasteiger partial charge in [-0.1, -0.05) is 77.9 Å². The maximum Gasteiger partial charge on any atom is 0.0228 e. The molecule has 0 saturated heterocycles. The van der Waals surface area contributed by atoms with Crippen molar-refractivity contribution in [2.24, 2.45) is 0 Å². The highest BCUT2D eigenvalue weighted by molar-refractivity contribution is 4.99. The highest BCUT2D eigenvalue weighted by atomic mass is 13.6. The van der Waals surface area contributed by atoms with Gasteiger partial charge >= 0.3 is 0 Å². The highest BCUT2D eigenvalue weighted by Crippen LogP contribution is 1.79. The molecule has 0 aliphatic heterocycles. The Kier molecular flexibility index (Phi) is 36.6. The summed E-state index contributed by atoms with van der Waals surface area (Å²) in [6.45, 7) is 10.3. The maximum absolute atomic E-state index is 6.21. The predicted octanol–water partition coefficient (Wildman–Crippen LogP) is 4.77. The Morgan fingerprint density at radius 1 is 0.583 bits per heavy atom. The average molecular weight is 169 g/mol. The monoisotopic (exact) mass is 169 g/mol. The molecule has 1 aromatic carbocycles. The van der Waals surface area contributed by atoms with Crippen LogP contribution in [0.2, 0.25) is 0 Å². The van der Waals surface area contributed by atoms with E-state index >= 15 is 0 Å². The van der Waals surface area contributed by atoms with E-state index in [1.54, 1.807) is 6.92 Å². The van der Waals surface area contributed by atoms with Gasteiger partial charge in [-0.2, -0.15) is 0 Å². The Morgan fingerprint density at radius 3 is 0.750 bits per heavy atom. The van der Waals surface area contributed by atoms with Gasteiger partial charge in [0, 0.05) is 1.37 Å². The van der Waals surface area contributed by atoms with Crippen LogP contribution >= 0.6 is 0 Å². The summed E-state index contributed by atoms with van der Waals surface area (Å²) in [4.78, 5) is 0. The molecule has 0 amide bonds. The van der Waals surface area contributed by atoms with Gasteiger partial charge in [-0.05, 0) is 0 Å². The molecule has 0 spiro atoms.